The highest BCUT2D eigenvalue weighted by Crippen LogP contribution is 2.21. The van der Waals surface area contributed by atoms with Crippen LogP contribution < -0.4 is 10.1 Å². The van der Waals surface area contributed by atoms with Crippen LogP contribution in [0, 0.1) is 18.6 Å². The zero-order valence-electron chi connectivity index (χ0n) is 12.4. The van der Waals surface area contributed by atoms with Gasteiger partial charge in [0.1, 0.15) is 17.4 Å². The number of aryl methyl sites for hydroxylation is 1. The summed E-state index contributed by atoms with van der Waals surface area (Å²) in [4.78, 5) is 0. The molecule has 0 bridgehead atoms. The first-order valence-corrected chi connectivity index (χ1v) is 6.83. The Labute approximate surface area is 123 Å². The van der Waals surface area contributed by atoms with Gasteiger partial charge in [0, 0.05) is 18.2 Å². The number of methoxy groups -OCH3 is 1. The molecule has 4 heteroatoms. The molecule has 0 fully saturated rings. The van der Waals surface area contributed by atoms with E-state index >= 15 is 0 Å². The third-order valence-electron chi connectivity index (χ3n) is 3.50. The SMILES string of the molecule is COc1ccc(CNC(C)c2cc(F)ccc2F)cc1C. The minimum Gasteiger partial charge on any atom is -0.496 e. The summed E-state index contributed by atoms with van der Waals surface area (Å²) in [7, 11) is 1.63. The summed E-state index contributed by atoms with van der Waals surface area (Å²) >= 11 is 0. The molecule has 1 N–H and O–H groups in total. The third kappa shape index (κ3) is 3.79. The molecule has 0 heterocycles. The Hall–Kier alpha value is -1.94. The van der Waals surface area contributed by atoms with E-state index in [4.69, 9.17) is 4.74 Å². The van der Waals surface area contributed by atoms with Gasteiger partial charge in [-0.3, -0.25) is 0 Å². The van der Waals surface area contributed by atoms with Gasteiger partial charge in [0.15, 0.2) is 0 Å². The van der Waals surface area contributed by atoms with Crippen molar-refractivity contribution in [2.75, 3.05) is 7.11 Å². The standard InChI is InChI=1S/C17H19F2NO/c1-11-8-13(4-7-17(11)21-3)10-20-12(2)15-9-14(18)5-6-16(15)19/h4-9,12,20H,10H2,1-3H3. The lowest BCUT2D eigenvalue weighted by Crippen LogP contribution is -2.19. The number of benzene rings is 2. The molecule has 0 aliphatic rings. The molecule has 0 saturated heterocycles. The van der Waals surface area contributed by atoms with Crippen LogP contribution in [0.2, 0.25) is 0 Å². The van der Waals surface area contributed by atoms with Crippen molar-refractivity contribution in [2.45, 2.75) is 26.4 Å². The molecule has 2 nitrogen and oxygen atoms in total. The summed E-state index contributed by atoms with van der Waals surface area (Å²) in [6, 6.07) is 9.10. The highest BCUT2D eigenvalue weighted by Gasteiger charge is 2.11. The topological polar surface area (TPSA) is 21.3 Å². The molecule has 1 unspecified atom stereocenters. The Morgan fingerprint density at radius 2 is 1.90 bits per heavy atom. The predicted octanol–water partition coefficient (Wildman–Crippen LogP) is 4.13. The van der Waals surface area contributed by atoms with Crippen LogP contribution in [-0.2, 0) is 6.54 Å². The first-order chi connectivity index (χ1) is 10.0. The summed E-state index contributed by atoms with van der Waals surface area (Å²) in [5, 5.41) is 3.20. The number of halogens is 2. The van der Waals surface area contributed by atoms with Crippen molar-refractivity contribution in [3.63, 3.8) is 0 Å². The van der Waals surface area contributed by atoms with Crippen molar-refractivity contribution in [1.29, 1.82) is 0 Å². The van der Waals surface area contributed by atoms with Crippen molar-refractivity contribution in [3.8, 4) is 5.75 Å². The fourth-order valence-electron chi connectivity index (χ4n) is 2.28. The minimum atomic E-state index is -0.430. The summed E-state index contributed by atoms with van der Waals surface area (Å²) < 4.78 is 32.1. The van der Waals surface area contributed by atoms with E-state index in [1.807, 2.05) is 32.0 Å². The molecule has 0 amide bonds. The lowest BCUT2D eigenvalue weighted by atomic mass is 10.1. The molecule has 0 aromatic heterocycles. The summed E-state index contributed by atoms with van der Waals surface area (Å²) in [5.41, 5.74) is 2.44. The molecule has 1 atom stereocenters. The van der Waals surface area contributed by atoms with Crippen LogP contribution in [0.1, 0.15) is 29.7 Å². The molecule has 2 aromatic carbocycles. The average Bonchev–Trinajstić information content (AvgIpc) is 2.47. The molecule has 0 spiro atoms. The molecule has 21 heavy (non-hydrogen) atoms. The fourth-order valence-corrected chi connectivity index (χ4v) is 2.28. The van der Waals surface area contributed by atoms with Gasteiger partial charge in [-0.05, 0) is 49.2 Å². The molecule has 2 aromatic rings. The van der Waals surface area contributed by atoms with E-state index in [0.717, 1.165) is 29.0 Å². The average molecular weight is 291 g/mol. The number of nitrogens with one attached hydrogen (secondary N) is 1. The van der Waals surface area contributed by atoms with Gasteiger partial charge in [-0.25, -0.2) is 8.78 Å². The number of ether oxygens (including phenoxy) is 1. The lowest BCUT2D eigenvalue weighted by molar-refractivity contribution is 0.411. The Balaban J connectivity index is 2.05. The monoisotopic (exact) mass is 291 g/mol. The van der Waals surface area contributed by atoms with Gasteiger partial charge in [0.2, 0.25) is 0 Å². The number of hydrogen-bond donors (Lipinski definition) is 1. The molecular formula is C17H19F2NO. The molecular weight excluding hydrogens is 272 g/mol. The number of rotatable bonds is 5. The highest BCUT2D eigenvalue weighted by atomic mass is 19.1. The molecule has 0 saturated carbocycles. The molecule has 2 rings (SSSR count). The van der Waals surface area contributed by atoms with Gasteiger partial charge in [0.25, 0.3) is 0 Å². The Bertz CT molecular complexity index is 628. The second kappa shape index (κ2) is 6.68. The van der Waals surface area contributed by atoms with E-state index in [1.165, 1.54) is 6.07 Å². The maximum atomic E-state index is 13.7. The van der Waals surface area contributed by atoms with E-state index in [2.05, 4.69) is 5.32 Å². The van der Waals surface area contributed by atoms with Gasteiger partial charge >= 0.3 is 0 Å². The smallest absolute Gasteiger partial charge is 0.128 e. The zero-order chi connectivity index (χ0) is 15.4. The molecule has 0 radical (unpaired) electrons. The summed E-state index contributed by atoms with van der Waals surface area (Å²) in [6.45, 7) is 4.36. The van der Waals surface area contributed by atoms with Crippen molar-refractivity contribution in [2.24, 2.45) is 0 Å². The van der Waals surface area contributed by atoms with Gasteiger partial charge in [-0.2, -0.15) is 0 Å². The third-order valence-corrected chi connectivity index (χ3v) is 3.50. The Kier molecular flexibility index (Phi) is 4.91. The van der Waals surface area contributed by atoms with E-state index in [-0.39, 0.29) is 6.04 Å². The molecule has 0 aliphatic heterocycles. The summed E-state index contributed by atoms with van der Waals surface area (Å²) in [5.74, 6) is 0.00521. The van der Waals surface area contributed by atoms with E-state index in [0.29, 0.717) is 12.1 Å². The quantitative estimate of drug-likeness (QED) is 0.894. The van der Waals surface area contributed by atoms with Crippen LogP contribution in [0.3, 0.4) is 0 Å². The van der Waals surface area contributed by atoms with E-state index in [1.54, 1.807) is 7.11 Å². The van der Waals surface area contributed by atoms with Crippen LogP contribution in [0.25, 0.3) is 0 Å². The van der Waals surface area contributed by atoms with Crippen LogP contribution in [0.15, 0.2) is 36.4 Å². The van der Waals surface area contributed by atoms with Crippen LogP contribution in [0.5, 0.6) is 5.75 Å². The second-order valence-electron chi connectivity index (χ2n) is 5.07. The summed E-state index contributed by atoms with van der Waals surface area (Å²) in [6.07, 6.45) is 0. The Morgan fingerprint density at radius 3 is 2.57 bits per heavy atom. The fraction of sp³-hybridized carbons (Fsp3) is 0.294. The van der Waals surface area contributed by atoms with Crippen LogP contribution in [0.4, 0.5) is 8.78 Å². The second-order valence-corrected chi connectivity index (χ2v) is 5.07. The lowest BCUT2D eigenvalue weighted by Gasteiger charge is -2.16. The largest absolute Gasteiger partial charge is 0.496 e. The van der Waals surface area contributed by atoms with Gasteiger partial charge < -0.3 is 10.1 Å². The normalized spacial score (nSPS) is 12.2. The van der Waals surface area contributed by atoms with Crippen LogP contribution >= 0.6 is 0 Å². The van der Waals surface area contributed by atoms with Crippen molar-refractivity contribution < 1.29 is 13.5 Å². The van der Waals surface area contributed by atoms with Gasteiger partial charge in [0.05, 0.1) is 7.11 Å². The minimum absolute atomic E-state index is 0.275. The first kappa shape index (κ1) is 15.4. The first-order valence-electron chi connectivity index (χ1n) is 6.83. The Morgan fingerprint density at radius 1 is 1.14 bits per heavy atom. The highest BCUT2D eigenvalue weighted by molar-refractivity contribution is 5.36. The van der Waals surface area contributed by atoms with E-state index in [9.17, 15) is 8.78 Å². The molecule has 112 valence electrons. The van der Waals surface area contributed by atoms with E-state index < -0.39 is 11.6 Å². The van der Waals surface area contributed by atoms with Crippen molar-refractivity contribution >= 4 is 0 Å². The molecule has 0 aliphatic carbocycles. The van der Waals surface area contributed by atoms with Gasteiger partial charge in [-0.1, -0.05) is 12.1 Å². The zero-order valence-corrected chi connectivity index (χ0v) is 12.4. The van der Waals surface area contributed by atoms with Crippen molar-refractivity contribution in [3.05, 3.63) is 64.7 Å². The van der Waals surface area contributed by atoms with Crippen LogP contribution in [-0.4, -0.2) is 7.11 Å². The predicted molar refractivity (Wildman–Crippen MR) is 79.3 cm³/mol. The maximum absolute atomic E-state index is 13.7. The maximum Gasteiger partial charge on any atom is 0.128 e. The number of hydrogen-bond acceptors (Lipinski definition) is 2. The van der Waals surface area contributed by atoms with Crippen molar-refractivity contribution in [1.82, 2.24) is 5.32 Å². The van der Waals surface area contributed by atoms with Gasteiger partial charge in [-0.15, -0.1) is 0 Å².